The fourth-order valence-electron chi connectivity index (χ4n) is 8.20. The highest BCUT2D eigenvalue weighted by atomic mass is 19.3. The molecule has 2 amide bonds. The molecule has 0 unspecified atom stereocenters. The molecule has 2 aliphatic rings. The summed E-state index contributed by atoms with van der Waals surface area (Å²) in [5, 5.41) is 14.6. The van der Waals surface area contributed by atoms with Crippen LogP contribution in [0.25, 0.3) is 44.1 Å². The van der Waals surface area contributed by atoms with E-state index in [4.69, 9.17) is 0 Å². The van der Waals surface area contributed by atoms with Gasteiger partial charge in [-0.15, -0.1) is 0 Å². The predicted molar refractivity (Wildman–Crippen MR) is 230 cm³/mol. The highest BCUT2D eigenvalue weighted by Crippen LogP contribution is 2.38. The van der Waals surface area contributed by atoms with Crippen LogP contribution in [0.4, 0.5) is 17.6 Å². The summed E-state index contributed by atoms with van der Waals surface area (Å²) in [7, 11) is 3.76. The Morgan fingerprint density at radius 2 is 1.05 bits per heavy atom. The Morgan fingerprint density at radius 1 is 0.613 bits per heavy atom. The molecule has 0 aliphatic heterocycles. The molecule has 0 bridgehead atoms. The van der Waals surface area contributed by atoms with E-state index in [9.17, 15) is 27.2 Å². The lowest BCUT2D eigenvalue weighted by Crippen LogP contribution is -2.50. The first-order chi connectivity index (χ1) is 29.9. The summed E-state index contributed by atoms with van der Waals surface area (Å²) in [6, 6.07) is 25.4. The third-order valence-electron chi connectivity index (χ3n) is 11.8. The van der Waals surface area contributed by atoms with Crippen LogP contribution >= 0.6 is 0 Å². The zero-order valence-electron chi connectivity index (χ0n) is 34.2. The monoisotopic (exact) mass is 840 g/mol. The van der Waals surface area contributed by atoms with E-state index in [1.165, 1.54) is 12.1 Å². The van der Waals surface area contributed by atoms with E-state index >= 15 is 0 Å². The number of aryl methyl sites for hydroxylation is 2. The van der Waals surface area contributed by atoms with Crippen molar-refractivity contribution in [1.82, 2.24) is 39.3 Å². The molecule has 2 aliphatic carbocycles. The van der Waals surface area contributed by atoms with E-state index in [1.54, 1.807) is 46.2 Å². The molecule has 0 atom stereocenters. The van der Waals surface area contributed by atoms with E-state index in [0.717, 1.165) is 58.2 Å². The highest BCUT2D eigenvalue weighted by Gasteiger charge is 2.46. The lowest BCUT2D eigenvalue weighted by Gasteiger charge is -2.35. The van der Waals surface area contributed by atoms with Gasteiger partial charge >= 0.3 is 0 Å². The van der Waals surface area contributed by atoms with Crippen molar-refractivity contribution in [3.8, 4) is 22.3 Å². The second-order valence-electron chi connectivity index (χ2n) is 16.3. The van der Waals surface area contributed by atoms with Gasteiger partial charge in [-0.2, -0.15) is 10.2 Å². The number of hydrogen-bond donors (Lipinski definition) is 2. The van der Waals surface area contributed by atoms with Gasteiger partial charge in [0.1, 0.15) is 11.6 Å². The van der Waals surface area contributed by atoms with Crippen LogP contribution in [-0.2, 0) is 27.2 Å². The van der Waals surface area contributed by atoms with Crippen LogP contribution in [-0.4, -0.2) is 58.5 Å². The summed E-state index contributed by atoms with van der Waals surface area (Å²) in [5.74, 6) is -4.35. The molecule has 2 saturated carbocycles. The molecule has 2 fully saturated rings. The van der Waals surface area contributed by atoms with Crippen LogP contribution in [0.1, 0.15) is 63.9 Å². The van der Waals surface area contributed by atoms with Crippen molar-refractivity contribution in [3.63, 3.8) is 0 Å². The predicted octanol–water partition coefficient (Wildman–Crippen LogP) is 9.27. The first kappa shape index (κ1) is 40.4. The smallest absolute Gasteiger partial charge is 0.253 e. The molecule has 14 heteroatoms. The molecule has 4 aromatic carbocycles. The third kappa shape index (κ3) is 8.37. The van der Waals surface area contributed by atoms with E-state index in [2.05, 4.69) is 45.1 Å². The minimum absolute atomic E-state index is 0.153. The summed E-state index contributed by atoms with van der Waals surface area (Å²) in [6.07, 6.45) is 13.3. The number of alkyl halides is 2. The number of carbonyl (C=O) groups excluding carboxylic acids is 2. The molecule has 10 rings (SSSR count). The van der Waals surface area contributed by atoms with Gasteiger partial charge in [-0.3, -0.25) is 19.0 Å². The fraction of sp³-hybridized carbons (Fsp3) is 0.250. The average molecular weight is 841 g/mol. The molecular formula is C48H44F4N8O2. The summed E-state index contributed by atoms with van der Waals surface area (Å²) < 4.78 is 62.8. The van der Waals surface area contributed by atoms with Crippen molar-refractivity contribution in [2.75, 3.05) is 0 Å². The normalized spacial score (nSPS) is 14.9. The van der Waals surface area contributed by atoms with Crippen molar-refractivity contribution in [2.24, 2.45) is 14.1 Å². The van der Waals surface area contributed by atoms with Gasteiger partial charge in [-0.05, 0) is 65.8 Å². The Bertz CT molecular complexity index is 2910. The number of carbonyl (C=O) groups is 2. The topological polar surface area (TPSA) is 104 Å². The molecule has 10 nitrogen and oxygen atoms in total. The van der Waals surface area contributed by atoms with Crippen LogP contribution in [0.3, 0.4) is 0 Å². The van der Waals surface area contributed by atoms with Gasteiger partial charge in [0.15, 0.2) is 0 Å². The van der Waals surface area contributed by atoms with Gasteiger partial charge in [0, 0.05) is 98.8 Å². The lowest BCUT2D eigenvalue weighted by atomic mass is 9.88. The number of aromatic nitrogens is 6. The van der Waals surface area contributed by atoms with Gasteiger partial charge < -0.3 is 19.8 Å². The van der Waals surface area contributed by atoms with Crippen LogP contribution in [0.15, 0.2) is 122 Å². The number of fused-ring (bicyclic) bond motifs is 2. The first-order valence-corrected chi connectivity index (χ1v) is 20.6. The quantitative estimate of drug-likeness (QED) is 0.134. The Labute approximate surface area is 354 Å². The number of benzene rings is 4. The highest BCUT2D eigenvalue weighted by molar-refractivity contribution is 6.08. The van der Waals surface area contributed by atoms with Gasteiger partial charge in [0.05, 0.1) is 34.6 Å². The summed E-state index contributed by atoms with van der Waals surface area (Å²) in [6.45, 7) is 0.992. The van der Waals surface area contributed by atoms with Crippen LogP contribution in [0.2, 0.25) is 0 Å². The van der Waals surface area contributed by atoms with Gasteiger partial charge in [0.2, 0.25) is 0 Å². The van der Waals surface area contributed by atoms with Crippen molar-refractivity contribution in [2.45, 2.75) is 63.2 Å². The maximum absolute atomic E-state index is 14.6. The minimum atomic E-state index is -2.74. The number of halogens is 4. The molecular weight excluding hydrogens is 797 g/mol. The lowest BCUT2D eigenvalue weighted by molar-refractivity contribution is -0.0901. The van der Waals surface area contributed by atoms with Crippen LogP contribution < -0.4 is 10.6 Å². The number of nitrogens with zero attached hydrogens (tertiary/aromatic N) is 6. The Morgan fingerprint density at radius 3 is 1.42 bits per heavy atom. The van der Waals surface area contributed by atoms with Crippen molar-refractivity contribution in [3.05, 3.63) is 156 Å². The zero-order valence-corrected chi connectivity index (χ0v) is 34.2. The van der Waals surface area contributed by atoms with Gasteiger partial charge in [0.25, 0.3) is 17.7 Å². The van der Waals surface area contributed by atoms with Crippen molar-refractivity contribution < 1.29 is 27.2 Å². The molecule has 316 valence electrons. The SMILES string of the molecule is Cn1cc(-c2ccc(Cn3cc(C(=O)NC4CC(F)(F)C4)c4c(F)cccc43)cc2)cn1.Cn1cc(-c2ccc(Cn3cc(C(=O)NC4CCC4)c4c(F)cccc43)cc2)cn1. The zero-order chi connectivity index (χ0) is 43.1. The number of hydrogen-bond acceptors (Lipinski definition) is 4. The fourth-order valence-corrected chi connectivity index (χ4v) is 8.20. The summed E-state index contributed by atoms with van der Waals surface area (Å²) >= 11 is 0. The second kappa shape index (κ2) is 16.5. The molecule has 62 heavy (non-hydrogen) atoms. The average Bonchev–Trinajstić information content (AvgIpc) is 4.03. The number of amides is 2. The Balaban J connectivity index is 0.000000158. The Kier molecular flexibility index (Phi) is 10.8. The largest absolute Gasteiger partial charge is 0.349 e. The van der Waals surface area contributed by atoms with Gasteiger partial charge in [-0.1, -0.05) is 60.7 Å². The van der Waals surface area contributed by atoms with Crippen molar-refractivity contribution in [1.29, 1.82) is 0 Å². The van der Waals surface area contributed by atoms with E-state index in [0.29, 0.717) is 29.6 Å². The van der Waals surface area contributed by atoms with E-state index < -0.39 is 23.7 Å². The third-order valence-corrected chi connectivity index (χ3v) is 11.8. The molecule has 0 spiro atoms. The molecule has 4 heterocycles. The van der Waals surface area contributed by atoms with E-state index in [1.807, 2.05) is 72.2 Å². The summed E-state index contributed by atoms with van der Waals surface area (Å²) in [5.41, 5.74) is 8.11. The maximum atomic E-state index is 14.6. The van der Waals surface area contributed by atoms with Crippen LogP contribution in [0, 0.1) is 11.6 Å². The number of nitrogens with one attached hydrogen (secondary N) is 2. The van der Waals surface area contributed by atoms with Crippen LogP contribution in [0.5, 0.6) is 0 Å². The summed E-state index contributed by atoms with van der Waals surface area (Å²) in [4.78, 5) is 25.5. The molecule has 4 aromatic heterocycles. The molecule has 0 radical (unpaired) electrons. The Hall–Kier alpha value is -6.96. The second-order valence-corrected chi connectivity index (χ2v) is 16.3. The van der Waals surface area contributed by atoms with Crippen molar-refractivity contribution >= 4 is 33.6 Å². The standard InChI is InChI=1S/C24H21F3N4O.C24H23FN4O/c1-30-13-17(11-28-30)16-7-5-15(6-8-16)12-31-14-19(22-20(25)3-2-4-21(22)31)23(32)29-18-9-24(26,27)10-18;1-28-14-18(12-26-28)17-10-8-16(9-11-17)13-29-15-20(24(30)27-19-4-2-5-19)23-21(25)6-3-7-22(23)29/h2-8,11,13-14,18H,9-10,12H2,1H3,(H,29,32);3,6-12,14-15,19H,2,4-5,13H2,1H3,(H,27,30). The molecule has 0 saturated heterocycles. The first-order valence-electron chi connectivity index (χ1n) is 20.6. The molecule has 8 aromatic rings. The maximum Gasteiger partial charge on any atom is 0.253 e. The van der Waals surface area contributed by atoms with E-state index in [-0.39, 0.29) is 41.6 Å². The minimum Gasteiger partial charge on any atom is -0.349 e. The number of rotatable bonds is 10. The van der Waals surface area contributed by atoms with Gasteiger partial charge in [-0.25, -0.2) is 17.6 Å². The molecule has 2 N–H and O–H groups in total.